The van der Waals surface area contributed by atoms with Crippen LogP contribution in [0.15, 0.2) is 46.5 Å². The second-order valence-electron chi connectivity index (χ2n) is 8.18. The number of hydrogen-bond acceptors (Lipinski definition) is 12. The zero-order chi connectivity index (χ0) is 27.7. The average Bonchev–Trinajstić information content (AvgIpc) is 3.57. The number of methoxy groups -OCH3 is 1. The number of rotatable bonds is 10. The van der Waals surface area contributed by atoms with Crippen molar-refractivity contribution >= 4 is 28.8 Å². The van der Waals surface area contributed by atoms with E-state index in [0.717, 1.165) is 36.5 Å². The van der Waals surface area contributed by atoms with Crippen LogP contribution in [-0.2, 0) is 13.1 Å². The summed E-state index contributed by atoms with van der Waals surface area (Å²) in [5.74, 6) is -1.00. The van der Waals surface area contributed by atoms with Gasteiger partial charge in [-0.2, -0.15) is 9.36 Å². The van der Waals surface area contributed by atoms with Crippen LogP contribution in [0.2, 0.25) is 0 Å². The predicted molar refractivity (Wildman–Crippen MR) is 132 cm³/mol. The minimum atomic E-state index is -0.826. The smallest absolute Gasteiger partial charge is 0.353 e. The first-order valence-corrected chi connectivity index (χ1v) is 11.4. The lowest BCUT2D eigenvalue weighted by molar-refractivity contribution is 0.0989. The maximum atomic E-state index is 12.9. The topological polar surface area (TPSA) is 229 Å². The number of nitrogens with two attached hydrogens (primary N) is 2. The Balaban J connectivity index is 1.40. The van der Waals surface area contributed by atoms with Crippen molar-refractivity contribution in [2.45, 2.75) is 13.1 Å². The van der Waals surface area contributed by atoms with E-state index in [2.05, 4.69) is 30.6 Å². The first-order valence-electron chi connectivity index (χ1n) is 11.4. The number of benzene rings is 1. The van der Waals surface area contributed by atoms with Gasteiger partial charge >= 0.3 is 11.4 Å². The molecule has 1 aromatic carbocycles. The zero-order valence-electron chi connectivity index (χ0n) is 20.4. The fourth-order valence-corrected chi connectivity index (χ4v) is 3.90. The van der Waals surface area contributed by atoms with Crippen molar-refractivity contribution in [3.63, 3.8) is 0 Å². The van der Waals surface area contributed by atoms with Crippen molar-refractivity contribution in [1.82, 2.24) is 48.8 Å². The normalized spacial score (nSPS) is 11.2. The van der Waals surface area contributed by atoms with Crippen LogP contribution in [0.4, 0.5) is 5.69 Å². The SMILES string of the molecule is COc1ccc(N(CCn2nnc3c(C(N)=O)ncn3c2=O)CCn2nnc3c(C(N)=O)ncn3c2=O)cc1. The molecule has 0 spiro atoms. The predicted octanol–water partition coefficient (Wildman–Crippen LogP) is -2.70. The van der Waals surface area contributed by atoms with E-state index in [0.29, 0.717) is 5.75 Å². The lowest BCUT2D eigenvalue weighted by Gasteiger charge is -2.25. The van der Waals surface area contributed by atoms with E-state index in [1.807, 2.05) is 17.0 Å². The number of aromatic nitrogens is 10. The molecule has 0 radical (unpaired) electrons. The van der Waals surface area contributed by atoms with Crippen LogP contribution < -0.4 is 32.5 Å². The number of anilines is 1. The molecule has 39 heavy (non-hydrogen) atoms. The van der Waals surface area contributed by atoms with Crippen LogP contribution in [0.3, 0.4) is 0 Å². The standard InChI is InChI=1S/C21H21N13O5/c1-39-13-4-2-12(3-5-13)30(6-8-33-20(37)31-10-24-14(16(22)35)18(31)26-28-33)7-9-34-21(38)32-11-25-15(17(23)36)19(32)27-29-34/h2-5,10-11H,6-9H2,1H3,(H2,22,35)(H2,23,36). The summed E-state index contributed by atoms with van der Waals surface area (Å²) >= 11 is 0. The number of fused-ring (bicyclic) bond motifs is 2. The van der Waals surface area contributed by atoms with Crippen molar-refractivity contribution in [1.29, 1.82) is 0 Å². The third-order valence-corrected chi connectivity index (χ3v) is 5.90. The van der Waals surface area contributed by atoms with Gasteiger partial charge in [-0.05, 0) is 24.3 Å². The van der Waals surface area contributed by atoms with Gasteiger partial charge in [0.05, 0.1) is 20.2 Å². The van der Waals surface area contributed by atoms with E-state index in [4.69, 9.17) is 16.2 Å². The molecule has 18 heteroatoms. The molecule has 0 aliphatic carbocycles. The van der Waals surface area contributed by atoms with Crippen molar-refractivity contribution in [2.24, 2.45) is 11.5 Å². The molecule has 4 aromatic heterocycles. The van der Waals surface area contributed by atoms with E-state index in [1.165, 1.54) is 0 Å². The molecule has 200 valence electrons. The van der Waals surface area contributed by atoms with Gasteiger partial charge < -0.3 is 21.1 Å². The Morgan fingerprint density at radius 1 is 0.821 bits per heavy atom. The Kier molecular flexibility index (Phi) is 6.40. The van der Waals surface area contributed by atoms with Gasteiger partial charge in [0.1, 0.15) is 18.4 Å². The highest BCUT2D eigenvalue weighted by molar-refractivity contribution is 5.97. The van der Waals surface area contributed by atoms with Crippen LogP contribution >= 0.6 is 0 Å². The van der Waals surface area contributed by atoms with E-state index in [9.17, 15) is 19.2 Å². The quantitative estimate of drug-likeness (QED) is 0.186. The molecule has 18 nitrogen and oxygen atoms in total. The lowest BCUT2D eigenvalue weighted by atomic mass is 10.2. The number of amides is 2. The van der Waals surface area contributed by atoms with Crippen LogP contribution in [0.1, 0.15) is 21.0 Å². The molecule has 0 fully saturated rings. The molecule has 5 aromatic rings. The number of ether oxygens (including phenoxy) is 1. The van der Waals surface area contributed by atoms with E-state index in [1.54, 1.807) is 19.2 Å². The molecule has 4 heterocycles. The molecule has 0 unspecified atom stereocenters. The molecule has 4 N–H and O–H groups in total. The van der Waals surface area contributed by atoms with Gasteiger partial charge in [0.2, 0.25) is 0 Å². The third-order valence-electron chi connectivity index (χ3n) is 5.90. The van der Waals surface area contributed by atoms with Crippen LogP contribution in [0, 0.1) is 0 Å². The number of imidazole rings is 2. The average molecular weight is 535 g/mol. The molecular weight excluding hydrogens is 514 g/mol. The molecule has 5 rings (SSSR count). The zero-order valence-corrected chi connectivity index (χ0v) is 20.4. The largest absolute Gasteiger partial charge is 0.497 e. The number of hydrogen-bond donors (Lipinski definition) is 2. The van der Waals surface area contributed by atoms with Crippen molar-refractivity contribution < 1.29 is 14.3 Å². The molecule has 2 amide bonds. The van der Waals surface area contributed by atoms with Gasteiger partial charge in [0.25, 0.3) is 11.8 Å². The number of primary amides is 2. The summed E-state index contributed by atoms with van der Waals surface area (Å²) in [7, 11) is 1.55. The van der Waals surface area contributed by atoms with Gasteiger partial charge in [-0.1, -0.05) is 10.4 Å². The minimum absolute atomic E-state index is 0.0388. The van der Waals surface area contributed by atoms with Gasteiger partial charge in [0.15, 0.2) is 22.7 Å². The highest BCUT2D eigenvalue weighted by Crippen LogP contribution is 2.19. The molecule has 0 saturated carbocycles. The first kappa shape index (κ1) is 25.0. The summed E-state index contributed by atoms with van der Waals surface area (Å²) in [5, 5.41) is 15.7. The Labute approximate surface area is 217 Å². The van der Waals surface area contributed by atoms with Crippen molar-refractivity contribution in [2.75, 3.05) is 25.1 Å². The Morgan fingerprint density at radius 3 is 1.69 bits per heavy atom. The van der Waals surface area contributed by atoms with Gasteiger partial charge in [-0.3, -0.25) is 9.59 Å². The third kappa shape index (κ3) is 4.61. The molecule has 0 saturated heterocycles. The molecule has 0 bridgehead atoms. The highest BCUT2D eigenvalue weighted by atomic mass is 16.5. The van der Waals surface area contributed by atoms with Gasteiger partial charge in [-0.15, -0.1) is 10.2 Å². The maximum Gasteiger partial charge on any atom is 0.353 e. The summed E-state index contributed by atoms with van der Waals surface area (Å²) in [6, 6.07) is 7.18. The second kappa shape index (κ2) is 10.00. The monoisotopic (exact) mass is 535 g/mol. The molecule has 0 aliphatic rings. The van der Waals surface area contributed by atoms with E-state index >= 15 is 0 Å². The van der Waals surface area contributed by atoms with Crippen LogP contribution in [0.25, 0.3) is 11.3 Å². The summed E-state index contributed by atoms with van der Waals surface area (Å²) in [6.45, 7) is 0.734. The Bertz CT molecular complexity index is 1710. The molecular formula is C21H21N13O5. The summed E-state index contributed by atoms with van der Waals surface area (Å²) in [4.78, 5) is 58.3. The first-order chi connectivity index (χ1) is 18.8. The van der Waals surface area contributed by atoms with Crippen LogP contribution in [0.5, 0.6) is 5.75 Å². The number of nitrogens with zero attached hydrogens (tertiary/aromatic N) is 11. The molecule has 0 atom stereocenters. The fourth-order valence-electron chi connectivity index (χ4n) is 3.90. The summed E-state index contributed by atoms with van der Waals surface area (Å²) < 4.78 is 9.63. The second-order valence-corrected chi connectivity index (χ2v) is 8.18. The van der Waals surface area contributed by atoms with E-state index in [-0.39, 0.29) is 48.9 Å². The lowest BCUT2D eigenvalue weighted by Crippen LogP contribution is -2.39. The number of carbonyl (C=O) groups is 2. The van der Waals surface area contributed by atoms with Crippen molar-refractivity contribution in [3.8, 4) is 5.75 Å². The van der Waals surface area contributed by atoms with Crippen LogP contribution in [-0.4, -0.2) is 80.8 Å². The van der Waals surface area contributed by atoms with E-state index < -0.39 is 23.2 Å². The highest BCUT2D eigenvalue weighted by Gasteiger charge is 2.18. The Morgan fingerprint density at radius 2 is 1.28 bits per heavy atom. The number of carbonyl (C=O) groups excluding carboxylic acids is 2. The fraction of sp³-hybridized carbons (Fsp3) is 0.238. The van der Waals surface area contributed by atoms with Gasteiger partial charge in [-0.25, -0.2) is 28.4 Å². The summed E-state index contributed by atoms with van der Waals surface area (Å²) in [5.41, 5.74) is 9.78. The van der Waals surface area contributed by atoms with Crippen molar-refractivity contribution in [3.05, 3.63) is 69.3 Å². The minimum Gasteiger partial charge on any atom is -0.497 e. The van der Waals surface area contributed by atoms with Gasteiger partial charge in [0, 0.05) is 18.8 Å². The maximum absolute atomic E-state index is 12.9. The molecule has 0 aliphatic heterocycles. The summed E-state index contributed by atoms with van der Waals surface area (Å²) in [6.07, 6.45) is 2.32. The Hall–Kier alpha value is -5.68.